The molecule has 2 N–H and O–H groups in total. The van der Waals surface area contributed by atoms with Crippen molar-refractivity contribution in [2.75, 3.05) is 38.3 Å². The minimum absolute atomic E-state index is 0.0495. The molecule has 1 atom stereocenters. The van der Waals surface area contributed by atoms with Gasteiger partial charge in [-0.3, -0.25) is 4.79 Å². The Morgan fingerprint density at radius 2 is 2.29 bits per heavy atom. The van der Waals surface area contributed by atoms with Crippen LogP contribution in [0, 0.1) is 5.41 Å². The van der Waals surface area contributed by atoms with Crippen LogP contribution in [0.5, 0.6) is 0 Å². The summed E-state index contributed by atoms with van der Waals surface area (Å²) in [7, 11) is 1.63. The highest BCUT2D eigenvalue weighted by molar-refractivity contribution is 7.99. The second kappa shape index (κ2) is 7.24. The molecule has 5 heteroatoms. The fourth-order valence-electron chi connectivity index (χ4n) is 1.84. The predicted molar refractivity (Wildman–Crippen MR) is 72.4 cm³/mol. The van der Waals surface area contributed by atoms with E-state index in [4.69, 9.17) is 4.74 Å². The second-order valence-electron chi connectivity index (χ2n) is 5.09. The number of ether oxygens (including phenoxy) is 1. The average Bonchev–Trinajstić information content (AvgIpc) is 2.27. The topological polar surface area (TPSA) is 50.4 Å². The second-order valence-corrected chi connectivity index (χ2v) is 6.24. The lowest BCUT2D eigenvalue weighted by atomic mass is 9.82. The number of amides is 1. The highest BCUT2D eigenvalue weighted by atomic mass is 32.2. The zero-order chi connectivity index (χ0) is 12.7. The average molecular weight is 260 g/mol. The molecule has 0 aromatic rings. The van der Waals surface area contributed by atoms with E-state index in [0.717, 1.165) is 5.75 Å². The van der Waals surface area contributed by atoms with Crippen LogP contribution in [0.3, 0.4) is 0 Å². The lowest BCUT2D eigenvalue weighted by Gasteiger charge is -2.38. The summed E-state index contributed by atoms with van der Waals surface area (Å²) >= 11 is 1.96. The predicted octanol–water partition coefficient (Wildman–Crippen LogP) is 0.870. The van der Waals surface area contributed by atoms with Crippen molar-refractivity contribution in [2.24, 2.45) is 5.41 Å². The minimum Gasteiger partial charge on any atom is -0.383 e. The van der Waals surface area contributed by atoms with Gasteiger partial charge in [-0.25, -0.2) is 0 Å². The Morgan fingerprint density at radius 1 is 1.53 bits per heavy atom. The first-order chi connectivity index (χ1) is 8.06. The van der Waals surface area contributed by atoms with Crippen LogP contribution >= 0.6 is 11.8 Å². The van der Waals surface area contributed by atoms with E-state index in [0.29, 0.717) is 25.7 Å². The molecular weight excluding hydrogens is 236 g/mol. The molecule has 1 fully saturated rings. The van der Waals surface area contributed by atoms with Gasteiger partial charge in [-0.2, -0.15) is 11.8 Å². The van der Waals surface area contributed by atoms with E-state index in [1.54, 1.807) is 7.11 Å². The van der Waals surface area contributed by atoms with Crippen LogP contribution in [0.25, 0.3) is 0 Å². The third-order valence-corrected chi connectivity index (χ3v) is 4.32. The first-order valence-corrected chi connectivity index (χ1v) is 7.28. The summed E-state index contributed by atoms with van der Waals surface area (Å²) in [5.41, 5.74) is 0.290. The molecule has 0 aromatic heterocycles. The largest absolute Gasteiger partial charge is 0.383 e. The number of carbonyl (C=O) groups excluding carboxylic acids is 1. The van der Waals surface area contributed by atoms with E-state index in [1.807, 2.05) is 11.8 Å². The maximum absolute atomic E-state index is 11.5. The third kappa shape index (κ3) is 5.27. The number of nitrogens with one attached hydrogen (secondary N) is 2. The van der Waals surface area contributed by atoms with E-state index in [1.165, 1.54) is 12.2 Å². The molecule has 1 unspecified atom stereocenters. The van der Waals surface area contributed by atoms with Gasteiger partial charge in [0.05, 0.1) is 13.2 Å². The molecule has 100 valence electrons. The molecule has 1 rings (SSSR count). The summed E-state index contributed by atoms with van der Waals surface area (Å²) in [6.07, 6.45) is 1.21. The maximum atomic E-state index is 11.5. The molecule has 0 spiro atoms. The number of hydrogen-bond donors (Lipinski definition) is 2. The zero-order valence-corrected chi connectivity index (χ0v) is 11.9. The molecule has 4 nitrogen and oxygen atoms in total. The standard InChI is InChI=1S/C12H24N2O2S/c1-12(2)4-7-17-9-10(12)14-8-11(15)13-5-6-16-3/h10,14H,4-9H2,1-3H3,(H,13,15). The maximum Gasteiger partial charge on any atom is 0.234 e. The van der Waals surface area contributed by atoms with Gasteiger partial charge in [-0.15, -0.1) is 0 Å². The lowest BCUT2D eigenvalue weighted by molar-refractivity contribution is -0.120. The molecule has 17 heavy (non-hydrogen) atoms. The number of thioether (sulfide) groups is 1. The van der Waals surface area contributed by atoms with Crippen LogP contribution in [0.1, 0.15) is 20.3 Å². The normalized spacial score (nSPS) is 23.4. The number of hydrogen-bond acceptors (Lipinski definition) is 4. The van der Waals surface area contributed by atoms with E-state index < -0.39 is 0 Å². The number of rotatable bonds is 6. The Kier molecular flexibility index (Phi) is 6.30. The van der Waals surface area contributed by atoms with Crippen LogP contribution in [-0.2, 0) is 9.53 Å². The van der Waals surface area contributed by atoms with Crippen molar-refractivity contribution in [3.63, 3.8) is 0 Å². The van der Waals surface area contributed by atoms with Gasteiger partial charge in [0.25, 0.3) is 0 Å². The van der Waals surface area contributed by atoms with Crippen LogP contribution in [-0.4, -0.2) is 50.3 Å². The van der Waals surface area contributed by atoms with Gasteiger partial charge in [-0.05, 0) is 17.6 Å². The highest BCUT2D eigenvalue weighted by Gasteiger charge is 2.32. The smallest absolute Gasteiger partial charge is 0.234 e. The van der Waals surface area contributed by atoms with Gasteiger partial charge in [0, 0.05) is 25.4 Å². The Morgan fingerprint density at radius 3 is 2.94 bits per heavy atom. The van der Waals surface area contributed by atoms with Gasteiger partial charge >= 0.3 is 0 Å². The third-order valence-electron chi connectivity index (χ3n) is 3.26. The van der Waals surface area contributed by atoms with Gasteiger partial charge in [0.2, 0.25) is 5.91 Å². The molecule has 0 bridgehead atoms. The molecule has 0 aromatic carbocycles. The van der Waals surface area contributed by atoms with Crippen molar-refractivity contribution in [3.05, 3.63) is 0 Å². The molecule has 0 aliphatic carbocycles. The van der Waals surface area contributed by atoms with Crippen LogP contribution in [0.2, 0.25) is 0 Å². The molecule has 1 heterocycles. The van der Waals surface area contributed by atoms with E-state index >= 15 is 0 Å². The number of carbonyl (C=O) groups is 1. The van der Waals surface area contributed by atoms with Crippen molar-refractivity contribution in [1.82, 2.24) is 10.6 Å². The molecule has 1 amide bonds. The summed E-state index contributed by atoms with van der Waals surface area (Å²) < 4.78 is 4.88. The van der Waals surface area contributed by atoms with E-state index in [9.17, 15) is 4.79 Å². The molecule has 1 aliphatic heterocycles. The zero-order valence-electron chi connectivity index (χ0n) is 11.0. The van der Waals surface area contributed by atoms with Crippen LogP contribution in [0.15, 0.2) is 0 Å². The van der Waals surface area contributed by atoms with Gasteiger partial charge in [0.1, 0.15) is 0 Å². The molecule has 1 saturated heterocycles. The van der Waals surface area contributed by atoms with Gasteiger partial charge in [0.15, 0.2) is 0 Å². The van der Waals surface area contributed by atoms with Crippen molar-refractivity contribution < 1.29 is 9.53 Å². The summed E-state index contributed by atoms with van der Waals surface area (Å²) in [5.74, 6) is 2.37. The molecule has 0 radical (unpaired) electrons. The minimum atomic E-state index is 0.0495. The van der Waals surface area contributed by atoms with Crippen molar-refractivity contribution >= 4 is 17.7 Å². The Hall–Kier alpha value is -0.260. The van der Waals surface area contributed by atoms with Crippen molar-refractivity contribution in [2.45, 2.75) is 26.3 Å². The Bertz CT molecular complexity index is 247. The lowest BCUT2D eigenvalue weighted by Crippen LogP contribution is -2.49. The molecular formula is C12H24N2O2S. The first-order valence-electron chi connectivity index (χ1n) is 6.13. The fraction of sp³-hybridized carbons (Fsp3) is 0.917. The fourth-order valence-corrected chi connectivity index (χ4v) is 3.48. The summed E-state index contributed by atoms with van der Waals surface area (Å²) in [5, 5.41) is 6.18. The Labute approximate surface area is 108 Å². The molecule has 0 saturated carbocycles. The Balaban J connectivity index is 2.22. The van der Waals surface area contributed by atoms with Crippen LogP contribution < -0.4 is 10.6 Å². The quantitative estimate of drug-likeness (QED) is 0.696. The van der Waals surface area contributed by atoms with Gasteiger partial charge < -0.3 is 15.4 Å². The van der Waals surface area contributed by atoms with E-state index in [2.05, 4.69) is 24.5 Å². The monoisotopic (exact) mass is 260 g/mol. The SMILES string of the molecule is COCCNC(=O)CNC1CSCCC1(C)C. The van der Waals surface area contributed by atoms with Crippen molar-refractivity contribution in [1.29, 1.82) is 0 Å². The summed E-state index contributed by atoms with van der Waals surface area (Å²) in [4.78, 5) is 11.5. The number of methoxy groups -OCH3 is 1. The molecule has 1 aliphatic rings. The van der Waals surface area contributed by atoms with E-state index in [-0.39, 0.29) is 11.3 Å². The van der Waals surface area contributed by atoms with Crippen LogP contribution in [0.4, 0.5) is 0 Å². The first kappa shape index (κ1) is 14.8. The highest BCUT2D eigenvalue weighted by Crippen LogP contribution is 2.33. The van der Waals surface area contributed by atoms with Crippen molar-refractivity contribution in [3.8, 4) is 0 Å². The summed E-state index contributed by atoms with van der Waals surface area (Å²) in [6, 6.07) is 0.425. The van der Waals surface area contributed by atoms with Gasteiger partial charge in [-0.1, -0.05) is 13.8 Å². The summed E-state index contributed by atoms with van der Waals surface area (Å²) in [6.45, 7) is 6.09.